The van der Waals surface area contributed by atoms with E-state index in [4.69, 9.17) is 0 Å². The van der Waals surface area contributed by atoms with Crippen LogP contribution >= 0.6 is 0 Å². The average Bonchev–Trinajstić information content (AvgIpc) is 3.08. The summed E-state index contributed by atoms with van der Waals surface area (Å²) >= 11 is 0. The highest BCUT2D eigenvalue weighted by atomic mass is 16.2. The molecule has 0 radical (unpaired) electrons. The summed E-state index contributed by atoms with van der Waals surface area (Å²) in [6.45, 7) is 0.665. The Morgan fingerprint density at radius 3 is 2.61 bits per heavy atom. The summed E-state index contributed by atoms with van der Waals surface area (Å²) in [5, 5.41) is 0. The van der Waals surface area contributed by atoms with Gasteiger partial charge in [0.05, 0.1) is 0 Å². The molecule has 1 aliphatic heterocycles. The molecule has 3 amide bonds. The maximum Gasteiger partial charge on any atom is 0.257 e. The van der Waals surface area contributed by atoms with Gasteiger partial charge in [-0.25, -0.2) is 0 Å². The van der Waals surface area contributed by atoms with Gasteiger partial charge in [-0.3, -0.25) is 25.2 Å². The maximum absolute atomic E-state index is 12.0. The van der Waals surface area contributed by atoms with E-state index in [1.165, 1.54) is 19.3 Å². The van der Waals surface area contributed by atoms with Crippen molar-refractivity contribution >= 4 is 17.7 Å². The normalized spacial score (nSPS) is 30.2. The molecular weight excluding hydrogens is 294 g/mol. The van der Waals surface area contributed by atoms with E-state index < -0.39 is 0 Å². The molecule has 0 unspecified atom stereocenters. The number of carbonyl (C=O) groups excluding carboxylic acids is 3. The van der Waals surface area contributed by atoms with E-state index in [2.05, 4.69) is 10.9 Å². The molecule has 0 spiro atoms. The standard InChI is InChI=1S/C17H27N3O3/c21-15(10-14-9-12-5-6-13(14)8-12)18-19-16(22)11-20-7-3-1-2-4-17(20)23/h12-14H,1-11H2,(H,18,21)(H,19,22)/t12-,13+,14-/m0/s1. The van der Waals surface area contributed by atoms with Gasteiger partial charge in [-0.05, 0) is 49.9 Å². The highest BCUT2D eigenvalue weighted by Crippen LogP contribution is 2.49. The number of nitrogens with zero attached hydrogens (tertiary/aromatic N) is 1. The summed E-state index contributed by atoms with van der Waals surface area (Å²) in [4.78, 5) is 37.3. The smallest absolute Gasteiger partial charge is 0.257 e. The minimum Gasteiger partial charge on any atom is -0.333 e. The Hall–Kier alpha value is -1.59. The highest BCUT2D eigenvalue weighted by molar-refractivity contribution is 5.86. The van der Waals surface area contributed by atoms with E-state index in [9.17, 15) is 14.4 Å². The summed E-state index contributed by atoms with van der Waals surface area (Å²) in [6, 6.07) is 0. The van der Waals surface area contributed by atoms with Crippen molar-refractivity contribution < 1.29 is 14.4 Å². The number of amides is 3. The van der Waals surface area contributed by atoms with Gasteiger partial charge in [-0.2, -0.15) is 0 Å². The van der Waals surface area contributed by atoms with E-state index in [0.717, 1.165) is 31.6 Å². The Labute approximate surface area is 137 Å². The molecule has 2 N–H and O–H groups in total. The van der Waals surface area contributed by atoms with Crippen molar-refractivity contribution in [3.63, 3.8) is 0 Å². The van der Waals surface area contributed by atoms with Gasteiger partial charge in [0.25, 0.3) is 5.91 Å². The van der Waals surface area contributed by atoms with Gasteiger partial charge >= 0.3 is 0 Å². The van der Waals surface area contributed by atoms with E-state index in [0.29, 0.717) is 31.2 Å². The van der Waals surface area contributed by atoms with Crippen LogP contribution in [0.3, 0.4) is 0 Å². The van der Waals surface area contributed by atoms with Gasteiger partial charge in [0, 0.05) is 19.4 Å². The predicted molar refractivity (Wildman–Crippen MR) is 84.9 cm³/mol. The van der Waals surface area contributed by atoms with Crippen LogP contribution in [0.4, 0.5) is 0 Å². The van der Waals surface area contributed by atoms with Crippen LogP contribution in [0.1, 0.15) is 57.8 Å². The lowest BCUT2D eigenvalue weighted by Crippen LogP contribution is -2.48. The molecule has 1 heterocycles. The molecule has 23 heavy (non-hydrogen) atoms. The van der Waals surface area contributed by atoms with Crippen LogP contribution in [0.15, 0.2) is 0 Å². The molecule has 0 aromatic rings. The van der Waals surface area contributed by atoms with Crippen molar-refractivity contribution in [3.05, 3.63) is 0 Å². The van der Waals surface area contributed by atoms with Gasteiger partial charge in [-0.15, -0.1) is 0 Å². The topological polar surface area (TPSA) is 78.5 Å². The second kappa shape index (κ2) is 7.32. The number of likely N-dealkylation sites (tertiary alicyclic amines) is 1. The van der Waals surface area contributed by atoms with E-state index >= 15 is 0 Å². The molecule has 2 aliphatic carbocycles. The second-order valence-electron chi connectivity index (χ2n) is 7.36. The first-order valence-electron chi connectivity index (χ1n) is 8.97. The summed E-state index contributed by atoms with van der Waals surface area (Å²) in [6.07, 6.45) is 8.91. The van der Waals surface area contributed by atoms with Crippen LogP contribution in [0.2, 0.25) is 0 Å². The molecule has 1 saturated heterocycles. The molecule has 128 valence electrons. The first-order valence-corrected chi connectivity index (χ1v) is 8.97. The van der Waals surface area contributed by atoms with E-state index in [1.54, 1.807) is 4.90 Å². The predicted octanol–water partition coefficient (Wildman–Crippen LogP) is 1.36. The zero-order valence-electron chi connectivity index (χ0n) is 13.7. The maximum atomic E-state index is 12.0. The molecule has 2 saturated carbocycles. The fourth-order valence-electron chi connectivity index (χ4n) is 4.47. The first-order chi connectivity index (χ1) is 11.1. The fraction of sp³-hybridized carbons (Fsp3) is 0.824. The quantitative estimate of drug-likeness (QED) is 0.768. The zero-order valence-corrected chi connectivity index (χ0v) is 13.7. The number of hydrazine groups is 1. The van der Waals surface area contributed by atoms with Crippen LogP contribution in [0.25, 0.3) is 0 Å². The van der Waals surface area contributed by atoms with Crippen molar-refractivity contribution in [1.82, 2.24) is 15.8 Å². The molecule has 3 aliphatic rings. The van der Waals surface area contributed by atoms with Crippen LogP contribution in [0.5, 0.6) is 0 Å². The van der Waals surface area contributed by atoms with Gasteiger partial charge in [-0.1, -0.05) is 12.8 Å². The Morgan fingerprint density at radius 1 is 1.04 bits per heavy atom. The molecule has 6 nitrogen and oxygen atoms in total. The van der Waals surface area contributed by atoms with Crippen LogP contribution < -0.4 is 10.9 Å². The summed E-state index contributed by atoms with van der Waals surface area (Å²) < 4.78 is 0. The SMILES string of the molecule is O=C(C[C@@H]1C[C@H]2CC[C@@H]1C2)NNC(=O)CN1CCCCCC1=O. The van der Waals surface area contributed by atoms with Crippen molar-refractivity contribution in [2.24, 2.45) is 17.8 Å². The van der Waals surface area contributed by atoms with Gasteiger partial charge < -0.3 is 4.90 Å². The molecule has 3 atom stereocenters. The average molecular weight is 321 g/mol. The molecule has 6 heteroatoms. The Morgan fingerprint density at radius 2 is 1.87 bits per heavy atom. The van der Waals surface area contributed by atoms with Gasteiger partial charge in [0.2, 0.25) is 11.8 Å². The minimum atomic E-state index is -0.318. The fourth-order valence-corrected chi connectivity index (χ4v) is 4.47. The molecular formula is C17H27N3O3. The van der Waals surface area contributed by atoms with Crippen molar-refractivity contribution in [2.45, 2.75) is 57.8 Å². The summed E-state index contributed by atoms with van der Waals surface area (Å²) in [5.41, 5.74) is 4.97. The van der Waals surface area contributed by atoms with Gasteiger partial charge in [0.15, 0.2) is 0 Å². The van der Waals surface area contributed by atoms with Crippen LogP contribution in [-0.4, -0.2) is 35.7 Å². The number of nitrogens with one attached hydrogen (secondary N) is 2. The van der Waals surface area contributed by atoms with Crippen molar-refractivity contribution in [2.75, 3.05) is 13.1 Å². The third kappa shape index (κ3) is 4.24. The molecule has 3 fully saturated rings. The van der Waals surface area contributed by atoms with Crippen LogP contribution in [-0.2, 0) is 14.4 Å². The second-order valence-corrected chi connectivity index (χ2v) is 7.36. The third-order valence-corrected chi connectivity index (χ3v) is 5.68. The number of hydrogen-bond acceptors (Lipinski definition) is 3. The van der Waals surface area contributed by atoms with E-state index in [1.807, 2.05) is 0 Å². The molecule has 3 rings (SSSR count). The molecule has 0 aromatic heterocycles. The zero-order chi connectivity index (χ0) is 16.2. The molecule has 2 bridgehead atoms. The van der Waals surface area contributed by atoms with E-state index in [-0.39, 0.29) is 24.3 Å². The summed E-state index contributed by atoms with van der Waals surface area (Å²) in [5.74, 6) is 1.61. The van der Waals surface area contributed by atoms with Gasteiger partial charge in [0.1, 0.15) is 6.54 Å². The first kappa shape index (κ1) is 16.3. The number of rotatable bonds is 4. The third-order valence-electron chi connectivity index (χ3n) is 5.68. The number of carbonyl (C=O) groups is 3. The minimum absolute atomic E-state index is 0.0333. The lowest BCUT2D eigenvalue weighted by Gasteiger charge is -2.22. The van der Waals surface area contributed by atoms with Crippen molar-refractivity contribution in [3.8, 4) is 0 Å². The van der Waals surface area contributed by atoms with Crippen LogP contribution in [0, 0.1) is 17.8 Å². The largest absolute Gasteiger partial charge is 0.333 e. The monoisotopic (exact) mass is 321 g/mol. The lowest BCUT2D eigenvalue weighted by atomic mass is 9.86. The number of fused-ring (bicyclic) bond motifs is 2. The highest BCUT2D eigenvalue weighted by Gasteiger charge is 2.40. The number of hydrogen-bond donors (Lipinski definition) is 2. The lowest BCUT2D eigenvalue weighted by molar-refractivity contribution is -0.136. The summed E-state index contributed by atoms with van der Waals surface area (Å²) in [7, 11) is 0. The molecule has 0 aromatic carbocycles. The van der Waals surface area contributed by atoms with Crippen molar-refractivity contribution in [1.29, 1.82) is 0 Å². The Bertz CT molecular complexity index is 480. The Balaban J connectivity index is 1.36. The Kier molecular flexibility index (Phi) is 5.18.